The van der Waals surface area contributed by atoms with E-state index in [0.29, 0.717) is 0 Å². The maximum absolute atomic E-state index is 12.7. The van der Waals surface area contributed by atoms with Gasteiger partial charge in [-0.2, -0.15) is 0 Å². The second-order valence-corrected chi connectivity index (χ2v) is 8.63. The highest BCUT2D eigenvalue weighted by atomic mass is 35.5. The molecule has 1 aromatic heterocycles. The Morgan fingerprint density at radius 2 is 2.07 bits per heavy atom. The highest BCUT2D eigenvalue weighted by Gasteiger charge is 2.47. The third kappa shape index (κ3) is 5.58. The number of halogens is 1. The summed E-state index contributed by atoms with van der Waals surface area (Å²) in [6, 6.07) is 2.83. The van der Waals surface area contributed by atoms with E-state index in [4.69, 9.17) is 16.3 Å². The number of aliphatic hydroxyl groups is 3. The van der Waals surface area contributed by atoms with Gasteiger partial charge in [0.05, 0.1) is 11.4 Å². The van der Waals surface area contributed by atoms with Crippen molar-refractivity contribution in [3.8, 4) is 0 Å². The normalized spacial score (nSPS) is 29.9. The minimum Gasteiger partial charge on any atom is -0.388 e. The highest BCUT2D eigenvalue weighted by Crippen LogP contribution is 2.30. The first kappa shape index (κ1) is 23.4. The Hall–Kier alpha value is -0.900. The second kappa shape index (κ2) is 10.8. The standard InChI is InChI=1S/C19H29ClN2O5S/c1-4-5-6-11-7-8-21-12(9-11)18(26)22-13(10(2)20)17-15(24)14(23)16(25)19(27-17)28-3/h7-10,13-17,19,23-25H,4-6H2,1-3H3,(H,22,26). The van der Waals surface area contributed by atoms with Gasteiger partial charge in [-0.15, -0.1) is 23.4 Å². The van der Waals surface area contributed by atoms with Crippen molar-refractivity contribution < 1.29 is 24.9 Å². The van der Waals surface area contributed by atoms with Crippen LogP contribution >= 0.6 is 23.4 Å². The Morgan fingerprint density at radius 3 is 2.68 bits per heavy atom. The smallest absolute Gasteiger partial charge is 0.270 e. The molecular formula is C19H29ClN2O5S. The van der Waals surface area contributed by atoms with Gasteiger partial charge in [-0.1, -0.05) is 13.3 Å². The van der Waals surface area contributed by atoms with Crippen molar-refractivity contribution in [2.75, 3.05) is 6.26 Å². The summed E-state index contributed by atoms with van der Waals surface area (Å²) in [6.45, 7) is 3.77. The molecule has 0 spiro atoms. The van der Waals surface area contributed by atoms with E-state index in [0.717, 1.165) is 24.8 Å². The molecule has 2 rings (SSSR count). The van der Waals surface area contributed by atoms with E-state index in [2.05, 4.69) is 17.2 Å². The molecule has 2 heterocycles. The number of nitrogens with one attached hydrogen (secondary N) is 1. The first-order chi connectivity index (χ1) is 13.3. The number of hydrogen-bond donors (Lipinski definition) is 4. The summed E-state index contributed by atoms with van der Waals surface area (Å²) in [7, 11) is 0. The molecule has 0 aliphatic carbocycles. The number of aromatic nitrogens is 1. The zero-order valence-electron chi connectivity index (χ0n) is 16.3. The van der Waals surface area contributed by atoms with E-state index in [1.165, 1.54) is 11.8 Å². The number of aryl methyl sites for hydroxylation is 1. The molecule has 7 unspecified atom stereocenters. The van der Waals surface area contributed by atoms with Gasteiger partial charge in [0.15, 0.2) is 0 Å². The quantitative estimate of drug-likeness (QED) is 0.458. The lowest BCUT2D eigenvalue weighted by atomic mass is 9.93. The molecule has 0 bridgehead atoms. The number of pyridine rings is 1. The van der Waals surface area contributed by atoms with Crippen LogP contribution in [0.15, 0.2) is 18.3 Å². The number of hydrogen-bond acceptors (Lipinski definition) is 7. The SMILES string of the molecule is CCCCc1ccnc(C(=O)NC(C(C)Cl)C2OC(SC)C(O)C(O)C2O)c1. The van der Waals surface area contributed by atoms with Crippen LogP contribution in [0.25, 0.3) is 0 Å². The maximum atomic E-state index is 12.7. The average molecular weight is 433 g/mol. The Balaban J connectivity index is 2.17. The summed E-state index contributed by atoms with van der Waals surface area (Å²) in [5, 5.41) is 32.7. The van der Waals surface area contributed by atoms with Crippen LogP contribution in [0.4, 0.5) is 0 Å². The van der Waals surface area contributed by atoms with Crippen LogP contribution in [0, 0.1) is 0 Å². The molecule has 28 heavy (non-hydrogen) atoms. The molecule has 1 amide bonds. The van der Waals surface area contributed by atoms with Gasteiger partial charge < -0.3 is 25.4 Å². The third-order valence-corrected chi connectivity index (χ3v) is 5.99. The van der Waals surface area contributed by atoms with Crippen molar-refractivity contribution >= 4 is 29.3 Å². The summed E-state index contributed by atoms with van der Waals surface area (Å²) in [6.07, 6.45) is 1.24. The van der Waals surface area contributed by atoms with Crippen LogP contribution in [0.1, 0.15) is 42.7 Å². The van der Waals surface area contributed by atoms with Crippen molar-refractivity contribution in [2.45, 2.75) is 74.4 Å². The number of nitrogens with zero attached hydrogens (tertiary/aromatic N) is 1. The van der Waals surface area contributed by atoms with Gasteiger partial charge in [-0.05, 0) is 43.7 Å². The second-order valence-electron chi connectivity index (χ2n) is 7.01. The van der Waals surface area contributed by atoms with Gasteiger partial charge in [-0.3, -0.25) is 9.78 Å². The molecule has 1 aliphatic rings. The van der Waals surface area contributed by atoms with Crippen molar-refractivity contribution in [1.82, 2.24) is 10.3 Å². The molecule has 4 N–H and O–H groups in total. The van der Waals surface area contributed by atoms with E-state index in [1.54, 1.807) is 25.4 Å². The Bertz CT molecular complexity index is 649. The van der Waals surface area contributed by atoms with Crippen molar-refractivity contribution in [3.05, 3.63) is 29.6 Å². The first-order valence-electron chi connectivity index (χ1n) is 9.42. The predicted molar refractivity (Wildman–Crippen MR) is 110 cm³/mol. The lowest BCUT2D eigenvalue weighted by Crippen LogP contribution is -2.64. The minimum absolute atomic E-state index is 0.253. The molecule has 7 atom stereocenters. The summed E-state index contributed by atoms with van der Waals surface area (Å²) < 4.78 is 5.75. The summed E-state index contributed by atoms with van der Waals surface area (Å²) in [4.78, 5) is 16.9. The van der Waals surface area contributed by atoms with Crippen LogP contribution in [-0.2, 0) is 11.2 Å². The fourth-order valence-corrected chi connectivity index (χ4v) is 4.07. The van der Waals surface area contributed by atoms with Crippen LogP contribution in [-0.4, -0.2) is 73.7 Å². The zero-order chi connectivity index (χ0) is 20.8. The van der Waals surface area contributed by atoms with Crippen molar-refractivity contribution in [3.63, 3.8) is 0 Å². The molecule has 0 saturated carbocycles. The van der Waals surface area contributed by atoms with Gasteiger partial charge >= 0.3 is 0 Å². The Kier molecular flexibility index (Phi) is 8.98. The molecule has 7 nitrogen and oxygen atoms in total. The van der Waals surface area contributed by atoms with Gasteiger partial charge in [0.2, 0.25) is 0 Å². The van der Waals surface area contributed by atoms with Crippen molar-refractivity contribution in [1.29, 1.82) is 0 Å². The third-order valence-electron chi connectivity index (χ3n) is 4.86. The zero-order valence-corrected chi connectivity index (χ0v) is 17.9. The number of carbonyl (C=O) groups excluding carboxylic acids is 1. The molecule has 158 valence electrons. The number of thioether (sulfide) groups is 1. The van der Waals surface area contributed by atoms with Gasteiger partial charge in [0, 0.05) is 6.20 Å². The van der Waals surface area contributed by atoms with E-state index in [1.807, 2.05) is 6.07 Å². The molecular weight excluding hydrogens is 404 g/mol. The number of amides is 1. The molecule has 1 fully saturated rings. The predicted octanol–water partition coefficient (Wildman–Crippen LogP) is 1.32. The molecule has 0 aromatic carbocycles. The van der Waals surface area contributed by atoms with E-state index in [-0.39, 0.29) is 5.69 Å². The minimum atomic E-state index is -1.40. The first-order valence-corrected chi connectivity index (χ1v) is 11.1. The topological polar surface area (TPSA) is 112 Å². The van der Waals surface area contributed by atoms with Crippen LogP contribution in [0.3, 0.4) is 0 Å². The maximum Gasteiger partial charge on any atom is 0.270 e. The molecule has 0 radical (unpaired) electrons. The molecule has 1 aromatic rings. The Labute approximate surface area is 174 Å². The molecule has 1 saturated heterocycles. The number of unbranched alkanes of at least 4 members (excludes halogenated alkanes) is 1. The molecule has 9 heteroatoms. The van der Waals surface area contributed by atoms with Crippen LogP contribution in [0.5, 0.6) is 0 Å². The van der Waals surface area contributed by atoms with Gasteiger partial charge in [-0.25, -0.2) is 0 Å². The van der Waals surface area contributed by atoms with Gasteiger partial charge in [0.1, 0.15) is 35.5 Å². The number of alkyl halides is 1. The number of ether oxygens (including phenoxy) is 1. The van der Waals surface area contributed by atoms with Crippen molar-refractivity contribution in [2.24, 2.45) is 0 Å². The fraction of sp³-hybridized carbons (Fsp3) is 0.684. The monoisotopic (exact) mass is 432 g/mol. The largest absolute Gasteiger partial charge is 0.388 e. The van der Waals surface area contributed by atoms with Gasteiger partial charge in [0.25, 0.3) is 5.91 Å². The summed E-state index contributed by atoms with van der Waals surface area (Å²) >= 11 is 7.48. The molecule has 1 aliphatic heterocycles. The number of aliphatic hydroxyl groups excluding tert-OH is 3. The highest BCUT2D eigenvalue weighted by molar-refractivity contribution is 7.99. The van der Waals surface area contributed by atoms with E-state index in [9.17, 15) is 20.1 Å². The van der Waals surface area contributed by atoms with Crippen LogP contribution < -0.4 is 5.32 Å². The van der Waals surface area contributed by atoms with E-state index >= 15 is 0 Å². The lowest BCUT2D eigenvalue weighted by molar-refractivity contribution is -0.204. The van der Waals surface area contributed by atoms with Crippen LogP contribution in [0.2, 0.25) is 0 Å². The average Bonchev–Trinajstić information content (AvgIpc) is 2.69. The van der Waals surface area contributed by atoms with E-state index < -0.39 is 47.2 Å². The number of carbonyl (C=O) groups is 1. The number of rotatable bonds is 8. The fourth-order valence-electron chi connectivity index (χ4n) is 3.18. The summed E-state index contributed by atoms with van der Waals surface area (Å²) in [5.74, 6) is -0.437. The summed E-state index contributed by atoms with van der Waals surface area (Å²) in [5.41, 5.74) is 0.532. The Morgan fingerprint density at radius 1 is 1.36 bits per heavy atom. The lowest BCUT2D eigenvalue weighted by Gasteiger charge is -2.43.